The highest BCUT2D eigenvalue weighted by Gasteiger charge is 2.31. The lowest BCUT2D eigenvalue weighted by Gasteiger charge is -2.25. The lowest BCUT2D eigenvalue weighted by atomic mass is 10.0. The SMILES string of the molecule is CCCCCCCCCCCCCCCCOC(=O)c1cc2c3ccccc3[nH]c2n1C(=O)CCC(NC(=O)C[N+](C)(C)C)C(=O)NCCCNC(=O)C(CCC(=O)n1c(C(=O)OCCCCCCCCCCCCCCCC)cc2c3ccccc3[nH]c21)NC(=O)C[N+](C)(C)C. The fraction of sp³-hybridized carbons (Fsp3) is 0.636. The number of H-pyrrole nitrogens is 2. The molecular formula is C77H120N10O10+2. The molecule has 97 heavy (non-hydrogen) atoms. The van der Waals surface area contributed by atoms with Crippen molar-refractivity contribution in [3.05, 3.63) is 72.1 Å². The van der Waals surface area contributed by atoms with Gasteiger partial charge in [-0.2, -0.15) is 0 Å². The van der Waals surface area contributed by atoms with E-state index in [1.807, 2.05) is 90.8 Å². The van der Waals surface area contributed by atoms with Crippen LogP contribution in [0.5, 0.6) is 0 Å². The normalized spacial score (nSPS) is 12.5. The van der Waals surface area contributed by atoms with Crippen molar-refractivity contribution < 1.29 is 56.8 Å². The molecule has 4 aromatic heterocycles. The van der Waals surface area contributed by atoms with Gasteiger partial charge in [0.2, 0.25) is 23.6 Å². The van der Waals surface area contributed by atoms with Gasteiger partial charge in [0.15, 0.2) is 13.1 Å². The number of ether oxygens (including phenoxy) is 2. The molecule has 2 unspecified atom stereocenters. The molecule has 6 N–H and O–H groups in total. The maximum atomic E-state index is 14.5. The standard InChI is InChI=1S/C77H118N10O10/c1-9-11-13-15-17-19-21-23-25-27-29-31-33-39-52-96-76(94)66-54-60-58-42-35-37-44-62(58)82-72(60)84(66)70(90)48-46-64(80-68(88)56-86(3,4)5)74(92)78-50-41-51-79-75(93)65(81-69(89)57-87(6,7)8)47-49-71(91)85-67(55-61-59-43-36-38-45-63(59)83-73(61)85)77(95)97-53-40-34-32-30-28-26-24-22-20-18-16-14-12-10-2/h35-38,42-45,54-55,64-65H,9-34,39-41,46-53,56-57H2,1-8H3,(H4-2,78,79,80,81,82,83,88,89,92,93,94,95)/p+2. The lowest BCUT2D eigenvalue weighted by Crippen LogP contribution is -2.52. The van der Waals surface area contributed by atoms with E-state index in [-0.39, 0.29) is 91.9 Å². The van der Waals surface area contributed by atoms with Gasteiger partial charge in [0, 0.05) is 58.5 Å². The Hall–Kier alpha value is -7.32. The molecule has 0 aliphatic carbocycles. The lowest BCUT2D eigenvalue weighted by molar-refractivity contribution is -0.862. The van der Waals surface area contributed by atoms with E-state index < -0.39 is 59.5 Å². The summed E-state index contributed by atoms with van der Waals surface area (Å²) in [5.74, 6) is -4.06. The fourth-order valence-electron chi connectivity index (χ4n) is 12.9. The Bertz CT molecular complexity index is 3210. The Morgan fingerprint density at radius 3 is 1.04 bits per heavy atom. The summed E-state index contributed by atoms with van der Waals surface area (Å²) < 4.78 is 14.8. The number of nitrogens with one attached hydrogen (secondary N) is 6. The number of nitrogens with zero attached hydrogens (tertiary/aromatic N) is 4. The molecule has 0 saturated carbocycles. The topological polar surface area (TPSA) is 245 Å². The number of quaternary nitrogens is 2. The van der Waals surface area contributed by atoms with E-state index >= 15 is 0 Å². The van der Waals surface area contributed by atoms with E-state index in [2.05, 4.69) is 45.1 Å². The van der Waals surface area contributed by atoms with Crippen LogP contribution in [0.3, 0.4) is 0 Å². The van der Waals surface area contributed by atoms with Crippen molar-refractivity contribution in [1.29, 1.82) is 0 Å². The Morgan fingerprint density at radius 1 is 0.412 bits per heavy atom. The maximum Gasteiger partial charge on any atom is 0.355 e. The van der Waals surface area contributed by atoms with Gasteiger partial charge in [-0.3, -0.25) is 37.9 Å². The molecule has 20 nitrogen and oxygen atoms in total. The molecule has 0 fully saturated rings. The predicted molar refractivity (Wildman–Crippen MR) is 389 cm³/mol. The minimum Gasteiger partial charge on any atom is -0.461 e. The number of para-hydroxylation sites is 2. The summed E-state index contributed by atoms with van der Waals surface area (Å²) in [6.45, 7) is 5.18. The third kappa shape index (κ3) is 27.1. The second kappa shape index (κ2) is 41.8. The highest BCUT2D eigenvalue weighted by Crippen LogP contribution is 2.32. The van der Waals surface area contributed by atoms with Crippen LogP contribution < -0.4 is 21.3 Å². The number of unbranched alkanes of at least 4 members (excludes halogenated alkanes) is 26. The van der Waals surface area contributed by atoms with E-state index in [0.29, 0.717) is 34.9 Å². The Kier molecular flexibility index (Phi) is 33.9. The summed E-state index contributed by atoms with van der Waals surface area (Å²) in [6.07, 6.45) is 33.4. The van der Waals surface area contributed by atoms with Gasteiger partial charge >= 0.3 is 11.9 Å². The first-order valence-corrected chi connectivity index (χ1v) is 37.1. The van der Waals surface area contributed by atoms with Crippen molar-refractivity contribution in [3.8, 4) is 0 Å². The van der Waals surface area contributed by atoms with Crippen molar-refractivity contribution in [3.63, 3.8) is 0 Å². The second-order valence-corrected chi connectivity index (χ2v) is 29.0. The van der Waals surface area contributed by atoms with Crippen molar-refractivity contribution in [1.82, 2.24) is 40.4 Å². The number of hydrogen-bond donors (Lipinski definition) is 6. The summed E-state index contributed by atoms with van der Waals surface area (Å²) in [5.41, 5.74) is 2.57. The van der Waals surface area contributed by atoms with Crippen LogP contribution in [0, 0.1) is 0 Å². The summed E-state index contributed by atoms with van der Waals surface area (Å²) in [6, 6.07) is 16.2. The van der Waals surface area contributed by atoms with Gasteiger partial charge in [-0.15, -0.1) is 0 Å². The Balaban J connectivity index is 1.03. The van der Waals surface area contributed by atoms with Crippen LogP contribution in [0.15, 0.2) is 60.7 Å². The molecule has 0 aliphatic rings. The maximum absolute atomic E-state index is 14.5. The highest BCUT2D eigenvalue weighted by atomic mass is 16.5. The molecule has 2 aromatic carbocycles. The van der Waals surface area contributed by atoms with Gasteiger partial charge in [0.1, 0.15) is 34.8 Å². The number of aromatic amines is 2. The summed E-state index contributed by atoms with van der Waals surface area (Å²) in [5, 5.41) is 14.5. The fourth-order valence-corrected chi connectivity index (χ4v) is 12.9. The van der Waals surface area contributed by atoms with Gasteiger partial charge in [-0.25, -0.2) is 9.59 Å². The average molecular weight is 1350 g/mol. The van der Waals surface area contributed by atoms with Crippen LogP contribution in [0.25, 0.3) is 43.9 Å². The summed E-state index contributed by atoms with van der Waals surface area (Å²) >= 11 is 0. The smallest absolute Gasteiger partial charge is 0.355 e. The average Bonchev–Trinajstić information content (AvgIpc) is 1.60. The van der Waals surface area contributed by atoms with Crippen molar-refractivity contribution in [2.24, 2.45) is 0 Å². The first-order valence-electron chi connectivity index (χ1n) is 37.1. The van der Waals surface area contributed by atoms with Crippen molar-refractivity contribution in [2.45, 2.75) is 238 Å². The molecule has 6 aromatic rings. The van der Waals surface area contributed by atoms with E-state index in [9.17, 15) is 38.4 Å². The Morgan fingerprint density at radius 2 is 0.722 bits per heavy atom. The van der Waals surface area contributed by atoms with Crippen LogP contribution in [0.1, 0.15) is 256 Å². The van der Waals surface area contributed by atoms with Crippen molar-refractivity contribution in [2.75, 3.05) is 81.7 Å². The quantitative estimate of drug-likeness (QED) is 0.0120. The first kappa shape index (κ1) is 78.7. The first-order chi connectivity index (χ1) is 46.7. The molecule has 0 aliphatic heterocycles. The molecule has 536 valence electrons. The van der Waals surface area contributed by atoms with E-state index in [1.54, 1.807) is 12.1 Å². The zero-order chi connectivity index (χ0) is 70.0. The molecule has 0 spiro atoms. The number of hydrogen-bond acceptors (Lipinski definition) is 10. The van der Waals surface area contributed by atoms with E-state index in [4.69, 9.17) is 9.47 Å². The van der Waals surface area contributed by atoms with Gasteiger partial charge in [0.05, 0.1) is 55.5 Å². The predicted octanol–water partition coefficient (Wildman–Crippen LogP) is 14.4. The number of amides is 4. The monoisotopic (exact) mass is 1340 g/mol. The molecule has 6 rings (SSSR count). The molecule has 4 amide bonds. The van der Waals surface area contributed by atoms with E-state index in [0.717, 1.165) is 60.3 Å². The zero-order valence-corrected chi connectivity index (χ0v) is 60.4. The van der Waals surface area contributed by atoms with Gasteiger partial charge in [-0.05, 0) is 56.4 Å². The van der Waals surface area contributed by atoms with Crippen LogP contribution in [0.4, 0.5) is 0 Å². The molecule has 20 heteroatoms. The van der Waals surface area contributed by atoms with Crippen LogP contribution in [0.2, 0.25) is 0 Å². The molecule has 2 atom stereocenters. The molecule has 0 radical (unpaired) electrons. The molecular weight excluding hydrogens is 1220 g/mol. The van der Waals surface area contributed by atoms with E-state index in [1.165, 1.54) is 138 Å². The Labute approximate surface area is 577 Å². The van der Waals surface area contributed by atoms with Crippen LogP contribution in [-0.4, -0.2) is 169 Å². The summed E-state index contributed by atoms with van der Waals surface area (Å²) in [7, 11) is 11.1. The zero-order valence-electron chi connectivity index (χ0n) is 60.4. The van der Waals surface area contributed by atoms with Crippen LogP contribution in [-0.2, 0) is 28.7 Å². The number of likely N-dealkylation sites (N-methyl/N-ethyl adjacent to an activating group) is 2. The number of benzene rings is 2. The van der Waals surface area contributed by atoms with Gasteiger partial charge < -0.3 is 49.7 Å². The number of fused-ring (bicyclic) bond motifs is 6. The third-order valence-corrected chi connectivity index (χ3v) is 18.1. The minimum atomic E-state index is -1.14. The minimum absolute atomic E-state index is 0.0521. The highest BCUT2D eigenvalue weighted by molar-refractivity contribution is 6.14. The number of esters is 2. The number of aromatic nitrogens is 4. The third-order valence-electron chi connectivity index (χ3n) is 18.1. The second-order valence-electron chi connectivity index (χ2n) is 29.0. The largest absolute Gasteiger partial charge is 0.461 e. The number of carbonyl (C=O) groups is 8. The van der Waals surface area contributed by atoms with Crippen LogP contribution >= 0.6 is 0 Å². The number of carbonyl (C=O) groups excluding carboxylic acids is 8. The summed E-state index contributed by atoms with van der Waals surface area (Å²) in [4.78, 5) is 118. The van der Waals surface area contributed by atoms with Gasteiger partial charge in [-0.1, -0.05) is 217 Å². The molecule has 0 bridgehead atoms. The molecule has 0 saturated heterocycles. The van der Waals surface area contributed by atoms with Crippen molar-refractivity contribution >= 4 is 91.3 Å². The molecule has 4 heterocycles. The van der Waals surface area contributed by atoms with Gasteiger partial charge in [0.25, 0.3) is 11.8 Å². The number of rotatable bonds is 50.